The lowest BCUT2D eigenvalue weighted by atomic mass is 9.96. The molecule has 0 radical (unpaired) electrons. The molecule has 0 atom stereocenters. The maximum Gasteiger partial charge on any atom is 0.244 e. The molecule has 2 N–H and O–H groups in total. The van der Waals surface area contributed by atoms with Crippen LogP contribution < -0.4 is 10.6 Å². The van der Waals surface area contributed by atoms with E-state index in [0.29, 0.717) is 5.96 Å². The van der Waals surface area contributed by atoms with E-state index in [1.54, 1.807) is 0 Å². The average Bonchev–Trinajstić information content (AvgIpc) is 3.20. The molecule has 26 heavy (non-hydrogen) atoms. The van der Waals surface area contributed by atoms with Crippen LogP contribution in [0.4, 0.5) is 0 Å². The molecule has 1 heterocycles. The lowest BCUT2D eigenvalue weighted by Gasteiger charge is -2.19. The molecule has 2 fully saturated rings. The van der Waals surface area contributed by atoms with E-state index < -0.39 is 0 Å². The summed E-state index contributed by atoms with van der Waals surface area (Å²) in [6.07, 6.45) is 4.50. The number of aliphatic imine (C=N–C) groups is 1. The fourth-order valence-electron chi connectivity index (χ4n) is 3.34. The van der Waals surface area contributed by atoms with Gasteiger partial charge in [0.2, 0.25) is 5.91 Å². The summed E-state index contributed by atoms with van der Waals surface area (Å²) in [4.78, 5) is 18.6. The second-order valence-electron chi connectivity index (χ2n) is 6.93. The van der Waals surface area contributed by atoms with Gasteiger partial charge in [0.15, 0.2) is 5.96 Å². The van der Waals surface area contributed by atoms with Gasteiger partial charge in [0.1, 0.15) is 6.54 Å². The van der Waals surface area contributed by atoms with Gasteiger partial charge >= 0.3 is 0 Å². The molecule has 3 rings (SSSR count). The van der Waals surface area contributed by atoms with Gasteiger partial charge in [-0.25, -0.2) is 4.99 Å². The highest BCUT2D eigenvalue weighted by Crippen LogP contribution is 2.48. The van der Waals surface area contributed by atoms with Gasteiger partial charge < -0.3 is 15.5 Å². The number of rotatable bonds is 6. The van der Waals surface area contributed by atoms with Gasteiger partial charge in [0.25, 0.3) is 0 Å². The van der Waals surface area contributed by atoms with E-state index in [9.17, 15) is 4.79 Å². The molecular formula is C19H28ClIN4O. The Morgan fingerprint density at radius 3 is 2.62 bits per heavy atom. The number of benzene rings is 1. The summed E-state index contributed by atoms with van der Waals surface area (Å²) in [6.45, 7) is 5.56. The Labute approximate surface area is 178 Å². The molecule has 1 aromatic carbocycles. The number of nitrogens with one attached hydrogen (secondary N) is 2. The Balaban J connectivity index is 0.00000243. The van der Waals surface area contributed by atoms with E-state index in [1.807, 2.05) is 24.0 Å². The van der Waals surface area contributed by atoms with Gasteiger partial charge in [-0.3, -0.25) is 4.79 Å². The van der Waals surface area contributed by atoms with Crippen LogP contribution in [-0.2, 0) is 10.2 Å². The van der Waals surface area contributed by atoms with Crippen LogP contribution in [0.25, 0.3) is 0 Å². The molecule has 1 aliphatic heterocycles. The summed E-state index contributed by atoms with van der Waals surface area (Å²) in [6, 6.07) is 8.11. The maximum absolute atomic E-state index is 12.2. The van der Waals surface area contributed by atoms with Crippen molar-refractivity contribution in [2.75, 3.05) is 32.7 Å². The van der Waals surface area contributed by atoms with Gasteiger partial charge in [0.05, 0.1) is 0 Å². The molecule has 1 amide bonds. The fourth-order valence-corrected chi connectivity index (χ4v) is 3.53. The summed E-state index contributed by atoms with van der Waals surface area (Å²) in [7, 11) is 0. The smallest absolute Gasteiger partial charge is 0.244 e. The van der Waals surface area contributed by atoms with E-state index in [2.05, 4.69) is 27.8 Å². The van der Waals surface area contributed by atoms with Crippen molar-refractivity contribution in [2.24, 2.45) is 4.99 Å². The third kappa shape index (κ3) is 5.49. The number of guanidine groups is 1. The Bertz CT molecular complexity index is 642. The van der Waals surface area contributed by atoms with Crippen LogP contribution in [0.1, 0.15) is 38.2 Å². The predicted octanol–water partition coefficient (Wildman–Crippen LogP) is 3.17. The maximum atomic E-state index is 12.2. The van der Waals surface area contributed by atoms with Crippen molar-refractivity contribution in [1.29, 1.82) is 0 Å². The van der Waals surface area contributed by atoms with Crippen molar-refractivity contribution in [1.82, 2.24) is 15.5 Å². The van der Waals surface area contributed by atoms with E-state index in [4.69, 9.17) is 11.6 Å². The molecule has 0 aromatic heterocycles. The number of likely N-dealkylation sites (tertiary alicyclic amines) is 1. The zero-order chi connectivity index (χ0) is 17.7. The highest BCUT2D eigenvalue weighted by atomic mass is 127. The third-order valence-corrected chi connectivity index (χ3v) is 5.30. The summed E-state index contributed by atoms with van der Waals surface area (Å²) >= 11 is 6.14. The number of carbonyl (C=O) groups is 1. The first kappa shape index (κ1) is 21.3. The van der Waals surface area contributed by atoms with Crippen LogP contribution in [0.3, 0.4) is 0 Å². The molecule has 0 bridgehead atoms. The number of halogens is 2. The second kappa shape index (κ2) is 9.78. The van der Waals surface area contributed by atoms with E-state index >= 15 is 0 Å². The molecule has 1 aliphatic carbocycles. The van der Waals surface area contributed by atoms with Crippen molar-refractivity contribution >= 4 is 47.4 Å². The number of amides is 1. The SMILES string of the molecule is CCNC(=NCC(=O)N1CCCC1)NCC1(c2cccc(Cl)c2)CC1.I. The molecule has 1 aromatic rings. The topological polar surface area (TPSA) is 56.7 Å². The highest BCUT2D eigenvalue weighted by Gasteiger charge is 2.44. The molecule has 144 valence electrons. The van der Waals surface area contributed by atoms with E-state index in [1.165, 1.54) is 5.56 Å². The zero-order valence-electron chi connectivity index (χ0n) is 15.3. The summed E-state index contributed by atoms with van der Waals surface area (Å²) < 4.78 is 0. The highest BCUT2D eigenvalue weighted by molar-refractivity contribution is 14.0. The quantitative estimate of drug-likeness (QED) is 0.366. The van der Waals surface area contributed by atoms with E-state index in [0.717, 1.165) is 56.9 Å². The standard InChI is InChI=1S/C19H27ClN4O.HI/c1-2-21-18(22-13-17(25)24-10-3-4-11-24)23-14-19(8-9-19)15-6-5-7-16(20)12-15;/h5-7,12H,2-4,8-11,13-14H2,1H3,(H2,21,22,23);1H. The monoisotopic (exact) mass is 490 g/mol. The minimum Gasteiger partial charge on any atom is -0.357 e. The molecule has 5 nitrogen and oxygen atoms in total. The van der Waals surface area contributed by atoms with Crippen LogP contribution in [0.5, 0.6) is 0 Å². The largest absolute Gasteiger partial charge is 0.357 e. The number of hydrogen-bond acceptors (Lipinski definition) is 2. The number of nitrogens with zero attached hydrogens (tertiary/aromatic N) is 2. The second-order valence-corrected chi connectivity index (χ2v) is 7.36. The van der Waals surface area contributed by atoms with Gasteiger partial charge in [-0.1, -0.05) is 23.7 Å². The molecule has 7 heteroatoms. The first-order valence-corrected chi connectivity index (χ1v) is 9.57. The lowest BCUT2D eigenvalue weighted by molar-refractivity contribution is -0.128. The average molecular weight is 491 g/mol. The summed E-state index contributed by atoms with van der Waals surface area (Å²) in [5.74, 6) is 0.828. The number of hydrogen-bond donors (Lipinski definition) is 2. The number of carbonyl (C=O) groups excluding carboxylic acids is 1. The third-order valence-electron chi connectivity index (χ3n) is 5.06. The molecule has 0 unspecified atom stereocenters. The molecule has 0 spiro atoms. The fraction of sp³-hybridized carbons (Fsp3) is 0.579. The minimum absolute atomic E-state index is 0. The van der Waals surface area contributed by atoms with Crippen molar-refractivity contribution in [3.05, 3.63) is 34.9 Å². The van der Waals surface area contributed by atoms with Crippen molar-refractivity contribution in [2.45, 2.75) is 38.0 Å². The van der Waals surface area contributed by atoms with Crippen LogP contribution in [0.15, 0.2) is 29.3 Å². The zero-order valence-corrected chi connectivity index (χ0v) is 18.3. The normalized spacial score (nSPS) is 18.2. The van der Waals surface area contributed by atoms with Gasteiger partial charge in [-0.2, -0.15) is 0 Å². The van der Waals surface area contributed by atoms with Crippen molar-refractivity contribution in [3.8, 4) is 0 Å². The minimum atomic E-state index is 0. The molecular weight excluding hydrogens is 463 g/mol. The summed E-state index contributed by atoms with van der Waals surface area (Å²) in [5.41, 5.74) is 1.41. The van der Waals surface area contributed by atoms with Crippen LogP contribution >= 0.6 is 35.6 Å². The van der Waals surface area contributed by atoms with Crippen molar-refractivity contribution in [3.63, 3.8) is 0 Å². The first-order valence-electron chi connectivity index (χ1n) is 9.19. The van der Waals surface area contributed by atoms with Crippen LogP contribution in [0.2, 0.25) is 5.02 Å². The van der Waals surface area contributed by atoms with Gasteiger partial charge in [-0.05, 0) is 50.3 Å². The first-order chi connectivity index (χ1) is 12.1. The Morgan fingerprint density at radius 2 is 2.00 bits per heavy atom. The predicted molar refractivity (Wildman–Crippen MR) is 118 cm³/mol. The van der Waals surface area contributed by atoms with Crippen LogP contribution in [0, 0.1) is 0 Å². The summed E-state index contributed by atoms with van der Waals surface area (Å²) in [5, 5.41) is 7.42. The van der Waals surface area contributed by atoms with Gasteiger partial charge in [0, 0.05) is 36.6 Å². The Morgan fingerprint density at radius 1 is 1.27 bits per heavy atom. The van der Waals surface area contributed by atoms with E-state index in [-0.39, 0.29) is 41.8 Å². The molecule has 1 saturated carbocycles. The van der Waals surface area contributed by atoms with Crippen molar-refractivity contribution < 1.29 is 4.79 Å². The Kier molecular flexibility index (Phi) is 8.01. The molecule has 2 aliphatic rings. The van der Waals surface area contributed by atoms with Gasteiger partial charge in [-0.15, -0.1) is 24.0 Å². The van der Waals surface area contributed by atoms with Crippen LogP contribution in [-0.4, -0.2) is 49.5 Å². The molecule has 1 saturated heterocycles. The Hall–Kier alpha value is -1.02. The lowest BCUT2D eigenvalue weighted by Crippen LogP contribution is -2.42.